The van der Waals surface area contributed by atoms with E-state index in [1.807, 2.05) is 0 Å². The van der Waals surface area contributed by atoms with Gasteiger partial charge in [0.05, 0.1) is 24.0 Å². The second kappa shape index (κ2) is 2.92. The van der Waals surface area contributed by atoms with Crippen LogP contribution in [0.15, 0.2) is 12.7 Å². The molecule has 0 aromatic rings. The highest BCUT2D eigenvalue weighted by Gasteiger charge is 2.61. The fourth-order valence-electron chi connectivity index (χ4n) is 3.08. The summed E-state index contributed by atoms with van der Waals surface area (Å²) in [5.41, 5.74) is 0. The second-order valence-corrected chi connectivity index (χ2v) is 4.42. The molecule has 2 amide bonds. The van der Waals surface area contributed by atoms with Gasteiger partial charge >= 0.3 is 0 Å². The molecule has 4 heteroatoms. The number of imide groups is 1. The zero-order chi connectivity index (χ0) is 10.6. The predicted molar refractivity (Wildman–Crippen MR) is 51.8 cm³/mol. The Morgan fingerprint density at radius 2 is 1.80 bits per heavy atom. The van der Waals surface area contributed by atoms with E-state index in [1.165, 1.54) is 4.90 Å². The number of hydrogen-bond donors (Lipinski definition) is 0. The first-order valence-corrected chi connectivity index (χ1v) is 5.35. The van der Waals surface area contributed by atoms with E-state index in [0.29, 0.717) is 6.54 Å². The lowest BCUT2D eigenvalue weighted by atomic mass is 9.81. The van der Waals surface area contributed by atoms with E-state index in [9.17, 15) is 9.59 Å². The van der Waals surface area contributed by atoms with Crippen LogP contribution in [0, 0.1) is 11.8 Å². The van der Waals surface area contributed by atoms with Gasteiger partial charge in [-0.1, -0.05) is 6.08 Å². The first kappa shape index (κ1) is 9.09. The van der Waals surface area contributed by atoms with E-state index >= 15 is 0 Å². The molecular formula is C11H13NO3. The highest BCUT2D eigenvalue weighted by atomic mass is 16.5. The summed E-state index contributed by atoms with van der Waals surface area (Å²) in [6.45, 7) is 3.90. The lowest BCUT2D eigenvalue weighted by molar-refractivity contribution is -0.141. The third kappa shape index (κ3) is 1.00. The zero-order valence-corrected chi connectivity index (χ0v) is 8.39. The molecule has 80 valence electrons. The van der Waals surface area contributed by atoms with Gasteiger partial charge in [0.1, 0.15) is 0 Å². The number of carbonyl (C=O) groups is 2. The average Bonchev–Trinajstić information content (AvgIpc) is 2.87. The molecule has 4 nitrogen and oxygen atoms in total. The summed E-state index contributed by atoms with van der Waals surface area (Å²) in [6.07, 6.45) is 3.43. The fraction of sp³-hybridized carbons (Fsp3) is 0.636. The van der Waals surface area contributed by atoms with Crippen LogP contribution in [-0.4, -0.2) is 35.5 Å². The molecule has 3 aliphatic heterocycles. The summed E-state index contributed by atoms with van der Waals surface area (Å²) >= 11 is 0. The number of rotatable bonds is 2. The lowest BCUT2D eigenvalue weighted by Crippen LogP contribution is -2.34. The quantitative estimate of drug-likeness (QED) is 0.484. The van der Waals surface area contributed by atoms with Gasteiger partial charge < -0.3 is 4.74 Å². The Balaban J connectivity index is 1.93. The molecule has 0 N–H and O–H groups in total. The SMILES string of the molecule is C=CCN1C(=O)[C@@H]2[C@H](C1=O)[C@H]1CC[C@H]2O1. The topological polar surface area (TPSA) is 46.6 Å². The third-order valence-corrected chi connectivity index (χ3v) is 3.69. The van der Waals surface area contributed by atoms with Crippen LogP contribution in [0.3, 0.4) is 0 Å². The molecule has 0 aliphatic carbocycles. The van der Waals surface area contributed by atoms with E-state index in [2.05, 4.69) is 6.58 Å². The maximum absolute atomic E-state index is 12.0. The van der Waals surface area contributed by atoms with Gasteiger partial charge in [0.15, 0.2) is 0 Å². The van der Waals surface area contributed by atoms with Crippen LogP contribution in [-0.2, 0) is 14.3 Å². The molecule has 4 atom stereocenters. The van der Waals surface area contributed by atoms with Crippen LogP contribution in [0.2, 0.25) is 0 Å². The van der Waals surface area contributed by atoms with Crippen molar-refractivity contribution >= 4 is 11.8 Å². The van der Waals surface area contributed by atoms with Crippen molar-refractivity contribution in [2.75, 3.05) is 6.54 Å². The highest BCUT2D eigenvalue weighted by molar-refractivity contribution is 6.06. The Kier molecular flexibility index (Phi) is 1.77. The van der Waals surface area contributed by atoms with Gasteiger partial charge in [0, 0.05) is 6.54 Å². The monoisotopic (exact) mass is 207 g/mol. The van der Waals surface area contributed by atoms with Crippen molar-refractivity contribution in [3.8, 4) is 0 Å². The highest BCUT2D eigenvalue weighted by Crippen LogP contribution is 2.48. The number of fused-ring (bicyclic) bond motifs is 5. The van der Waals surface area contributed by atoms with E-state index < -0.39 is 0 Å². The molecule has 0 radical (unpaired) electrons. The van der Waals surface area contributed by atoms with E-state index in [0.717, 1.165) is 12.8 Å². The van der Waals surface area contributed by atoms with Crippen molar-refractivity contribution in [3.05, 3.63) is 12.7 Å². The number of nitrogens with zero attached hydrogens (tertiary/aromatic N) is 1. The molecule has 0 saturated carbocycles. The van der Waals surface area contributed by atoms with Crippen LogP contribution in [0.1, 0.15) is 12.8 Å². The summed E-state index contributed by atoms with van der Waals surface area (Å²) in [7, 11) is 0. The van der Waals surface area contributed by atoms with Crippen molar-refractivity contribution in [2.24, 2.45) is 11.8 Å². The lowest BCUT2D eigenvalue weighted by Gasteiger charge is -2.15. The number of amides is 2. The Morgan fingerprint density at radius 3 is 2.27 bits per heavy atom. The van der Waals surface area contributed by atoms with Crippen molar-refractivity contribution in [2.45, 2.75) is 25.0 Å². The largest absolute Gasteiger partial charge is 0.373 e. The van der Waals surface area contributed by atoms with Gasteiger partial charge in [0.25, 0.3) is 0 Å². The summed E-state index contributed by atoms with van der Waals surface area (Å²) in [5.74, 6) is -0.512. The molecule has 0 aromatic carbocycles. The molecule has 0 spiro atoms. The summed E-state index contributed by atoms with van der Waals surface area (Å²) in [4.78, 5) is 25.2. The van der Waals surface area contributed by atoms with Gasteiger partial charge in [-0.15, -0.1) is 6.58 Å². The molecular weight excluding hydrogens is 194 g/mol. The first-order valence-electron chi connectivity index (χ1n) is 5.35. The van der Waals surface area contributed by atoms with Crippen LogP contribution in [0.5, 0.6) is 0 Å². The molecule has 3 aliphatic rings. The third-order valence-electron chi connectivity index (χ3n) is 3.69. The smallest absolute Gasteiger partial charge is 0.236 e. The minimum atomic E-state index is -0.198. The molecule has 3 saturated heterocycles. The minimum Gasteiger partial charge on any atom is -0.373 e. The van der Waals surface area contributed by atoms with Crippen LogP contribution in [0.25, 0.3) is 0 Å². The second-order valence-electron chi connectivity index (χ2n) is 4.42. The maximum Gasteiger partial charge on any atom is 0.236 e. The van der Waals surface area contributed by atoms with E-state index in [-0.39, 0.29) is 35.9 Å². The van der Waals surface area contributed by atoms with Crippen molar-refractivity contribution < 1.29 is 14.3 Å². The number of hydrogen-bond acceptors (Lipinski definition) is 3. The van der Waals surface area contributed by atoms with E-state index in [1.54, 1.807) is 6.08 Å². The van der Waals surface area contributed by atoms with Gasteiger partial charge in [-0.05, 0) is 12.8 Å². The van der Waals surface area contributed by atoms with Crippen LogP contribution >= 0.6 is 0 Å². The van der Waals surface area contributed by atoms with Crippen LogP contribution < -0.4 is 0 Å². The Morgan fingerprint density at radius 1 is 1.27 bits per heavy atom. The molecule has 15 heavy (non-hydrogen) atoms. The standard InChI is InChI=1S/C11H13NO3/c1-2-5-12-10(13)8-6-3-4-7(15-6)9(8)11(12)14/h2,6-9H,1,3-5H2/t6-,7-,8-,9+/m1/s1. The normalized spacial score (nSPS) is 42.5. The zero-order valence-electron chi connectivity index (χ0n) is 8.39. The van der Waals surface area contributed by atoms with Crippen molar-refractivity contribution in [3.63, 3.8) is 0 Å². The van der Waals surface area contributed by atoms with E-state index in [4.69, 9.17) is 4.74 Å². The molecule has 0 unspecified atom stereocenters. The molecule has 2 bridgehead atoms. The average molecular weight is 207 g/mol. The predicted octanol–water partition coefficient (Wildman–Crippen LogP) is 0.335. The Bertz CT molecular complexity index is 324. The Hall–Kier alpha value is -1.16. The number of carbonyl (C=O) groups excluding carboxylic acids is 2. The fourth-order valence-corrected chi connectivity index (χ4v) is 3.08. The number of ether oxygens (including phenoxy) is 1. The summed E-state index contributed by atoms with van der Waals surface area (Å²) in [5, 5.41) is 0. The maximum atomic E-state index is 12.0. The molecule has 0 aromatic heterocycles. The van der Waals surface area contributed by atoms with Crippen molar-refractivity contribution in [1.82, 2.24) is 4.90 Å². The Labute approximate surface area is 87.9 Å². The first-order chi connectivity index (χ1) is 7.24. The van der Waals surface area contributed by atoms with Gasteiger partial charge in [-0.25, -0.2) is 0 Å². The molecule has 3 heterocycles. The summed E-state index contributed by atoms with van der Waals surface area (Å²) in [6, 6.07) is 0. The minimum absolute atomic E-state index is 0.00809. The van der Waals surface area contributed by atoms with Crippen LogP contribution in [0.4, 0.5) is 0 Å². The summed E-state index contributed by atoms with van der Waals surface area (Å²) < 4.78 is 5.61. The van der Waals surface area contributed by atoms with Gasteiger partial charge in [-0.2, -0.15) is 0 Å². The van der Waals surface area contributed by atoms with Crippen molar-refractivity contribution in [1.29, 1.82) is 0 Å². The molecule has 3 rings (SSSR count). The number of likely N-dealkylation sites (tertiary alicyclic amines) is 1. The van der Waals surface area contributed by atoms with Gasteiger partial charge in [0.2, 0.25) is 11.8 Å². The molecule has 3 fully saturated rings. The van der Waals surface area contributed by atoms with Gasteiger partial charge in [-0.3, -0.25) is 14.5 Å².